The summed E-state index contributed by atoms with van der Waals surface area (Å²) in [5, 5.41) is 10.1. The molecular weight excluding hydrogens is 268 g/mol. The minimum Gasteiger partial charge on any atom is -0.481 e. The van der Waals surface area contributed by atoms with E-state index in [2.05, 4.69) is 4.98 Å². The van der Waals surface area contributed by atoms with Gasteiger partial charge in [0, 0.05) is 30.2 Å². The number of carbonyl (C=O) groups excluding carboxylic acids is 1. The number of benzene rings is 1. The molecule has 1 aliphatic rings. The lowest BCUT2D eigenvalue weighted by atomic mass is 10.1. The van der Waals surface area contributed by atoms with Crippen LogP contribution in [0.15, 0.2) is 24.4 Å². The number of hydrogen-bond donors (Lipinski definition) is 2. The highest BCUT2D eigenvalue weighted by molar-refractivity contribution is 5.91. The third-order valence-electron chi connectivity index (χ3n) is 4.23. The third kappa shape index (κ3) is 2.51. The molecule has 1 atom stereocenters. The summed E-state index contributed by atoms with van der Waals surface area (Å²) in [4.78, 5) is 28.2. The van der Waals surface area contributed by atoms with Crippen LogP contribution in [0.1, 0.15) is 17.5 Å². The molecule has 2 N–H and O–H groups in total. The molecule has 1 aromatic heterocycles. The number of aromatic nitrogens is 1. The van der Waals surface area contributed by atoms with E-state index < -0.39 is 11.9 Å². The number of H-pyrrole nitrogens is 1. The van der Waals surface area contributed by atoms with Gasteiger partial charge in [0.1, 0.15) is 0 Å². The zero-order chi connectivity index (χ0) is 15.0. The van der Waals surface area contributed by atoms with Gasteiger partial charge in [-0.3, -0.25) is 9.59 Å². The predicted molar refractivity (Wildman–Crippen MR) is 79.1 cm³/mol. The summed E-state index contributed by atoms with van der Waals surface area (Å²) in [6, 6.07) is 6.00. The topological polar surface area (TPSA) is 73.4 Å². The standard InChI is InChI=1S/C16H18N2O3/c1-10-3-2-4-13-15(10)12(8-17-13)7-14(19)18-6-5-11(9-18)16(20)21/h2-4,8,11,17H,5-7,9H2,1H3,(H,20,21). The van der Waals surface area contributed by atoms with Crippen molar-refractivity contribution < 1.29 is 14.7 Å². The van der Waals surface area contributed by atoms with Crippen LogP contribution in [0.25, 0.3) is 10.9 Å². The number of hydrogen-bond acceptors (Lipinski definition) is 2. The highest BCUT2D eigenvalue weighted by Gasteiger charge is 2.30. The quantitative estimate of drug-likeness (QED) is 0.905. The molecule has 0 bridgehead atoms. The Morgan fingerprint density at radius 2 is 2.24 bits per heavy atom. The summed E-state index contributed by atoms with van der Waals surface area (Å²) in [5.41, 5.74) is 3.15. The molecule has 0 saturated carbocycles. The Labute approximate surface area is 122 Å². The number of carboxylic acids is 1. The molecule has 1 amide bonds. The molecule has 5 nitrogen and oxygen atoms in total. The number of aliphatic carboxylic acids is 1. The summed E-state index contributed by atoms with van der Waals surface area (Å²) in [6.07, 6.45) is 2.74. The molecule has 5 heteroatoms. The summed E-state index contributed by atoms with van der Waals surface area (Å²) < 4.78 is 0. The minimum atomic E-state index is -0.812. The number of carbonyl (C=O) groups is 2. The van der Waals surface area contributed by atoms with Crippen LogP contribution in [0.2, 0.25) is 0 Å². The van der Waals surface area contributed by atoms with Gasteiger partial charge < -0.3 is 15.0 Å². The molecule has 21 heavy (non-hydrogen) atoms. The van der Waals surface area contributed by atoms with Gasteiger partial charge in [0.05, 0.1) is 12.3 Å². The van der Waals surface area contributed by atoms with E-state index in [1.807, 2.05) is 31.3 Å². The Morgan fingerprint density at radius 1 is 1.43 bits per heavy atom. The molecule has 2 aromatic rings. The average Bonchev–Trinajstić information content (AvgIpc) is 3.06. The largest absolute Gasteiger partial charge is 0.481 e. The Morgan fingerprint density at radius 3 is 2.95 bits per heavy atom. The number of amides is 1. The van der Waals surface area contributed by atoms with E-state index in [4.69, 9.17) is 5.11 Å². The van der Waals surface area contributed by atoms with Gasteiger partial charge in [0.15, 0.2) is 0 Å². The van der Waals surface area contributed by atoms with Gasteiger partial charge in [-0.05, 0) is 30.5 Å². The van der Waals surface area contributed by atoms with E-state index in [-0.39, 0.29) is 5.91 Å². The lowest BCUT2D eigenvalue weighted by molar-refractivity contribution is -0.141. The molecule has 3 rings (SSSR count). The SMILES string of the molecule is Cc1cccc2[nH]cc(CC(=O)N3CCC(C(=O)O)C3)c12. The van der Waals surface area contributed by atoms with Crippen LogP contribution in [0.3, 0.4) is 0 Å². The maximum Gasteiger partial charge on any atom is 0.308 e. The van der Waals surface area contributed by atoms with Crippen molar-refractivity contribution in [3.63, 3.8) is 0 Å². The Kier molecular flexibility index (Phi) is 3.41. The van der Waals surface area contributed by atoms with Gasteiger partial charge in [-0.15, -0.1) is 0 Å². The number of nitrogens with zero attached hydrogens (tertiary/aromatic N) is 1. The van der Waals surface area contributed by atoms with Crippen LogP contribution < -0.4 is 0 Å². The van der Waals surface area contributed by atoms with E-state index in [0.717, 1.165) is 22.0 Å². The monoisotopic (exact) mass is 286 g/mol. The van der Waals surface area contributed by atoms with Crippen LogP contribution in [-0.2, 0) is 16.0 Å². The first-order valence-electron chi connectivity index (χ1n) is 7.12. The highest BCUT2D eigenvalue weighted by Crippen LogP contribution is 2.24. The fourth-order valence-electron chi connectivity index (χ4n) is 3.05. The Bertz CT molecular complexity index is 705. The van der Waals surface area contributed by atoms with Crippen LogP contribution in [0.4, 0.5) is 0 Å². The van der Waals surface area contributed by atoms with Gasteiger partial charge in [-0.25, -0.2) is 0 Å². The minimum absolute atomic E-state index is 0.00269. The summed E-state index contributed by atoms with van der Waals surface area (Å²) in [7, 11) is 0. The maximum atomic E-state index is 12.4. The zero-order valence-electron chi connectivity index (χ0n) is 11.9. The maximum absolute atomic E-state index is 12.4. The first-order chi connectivity index (χ1) is 10.1. The first kappa shape index (κ1) is 13.7. The van der Waals surface area contributed by atoms with Gasteiger partial charge in [0.25, 0.3) is 0 Å². The molecule has 0 radical (unpaired) electrons. The van der Waals surface area contributed by atoms with Gasteiger partial charge >= 0.3 is 5.97 Å². The molecule has 1 unspecified atom stereocenters. The van der Waals surface area contributed by atoms with Crippen molar-refractivity contribution >= 4 is 22.8 Å². The summed E-state index contributed by atoms with van der Waals surface area (Å²) in [5.74, 6) is -1.23. The smallest absolute Gasteiger partial charge is 0.308 e. The van der Waals surface area contributed by atoms with Crippen molar-refractivity contribution in [2.75, 3.05) is 13.1 Å². The fourth-order valence-corrected chi connectivity index (χ4v) is 3.05. The Balaban J connectivity index is 1.77. The van der Waals surface area contributed by atoms with Crippen molar-refractivity contribution in [2.45, 2.75) is 19.8 Å². The second kappa shape index (κ2) is 5.24. The second-order valence-electron chi connectivity index (χ2n) is 5.65. The zero-order valence-corrected chi connectivity index (χ0v) is 11.9. The molecule has 110 valence electrons. The molecule has 0 aliphatic carbocycles. The fraction of sp³-hybridized carbons (Fsp3) is 0.375. The average molecular weight is 286 g/mol. The van der Waals surface area contributed by atoms with E-state index in [1.165, 1.54) is 0 Å². The van der Waals surface area contributed by atoms with Crippen molar-refractivity contribution in [1.82, 2.24) is 9.88 Å². The molecule has 1 aromatic carbocycles. The first-order valence-corrected chi connectivity index (χ1v) is 7.12. The molecule has 2 heterocycles. The normalized spacial score (nSPS) is 18.3. The van der Waals surface area contributed by atoms with Gasteiger partial charge in [-0.1, -0.05) is 12.1 Å². The lowest BCUT2D eigenvalue weighted by Gasteiger charge is -2.15. The Hall–Kier alpha value is -2.30. The number of likely N-dealkylation sites (tertiary alicyclic amines) is 1. The second-order valence-corrected chi connectivity index (χ2v) is 5.65. The molecule has 1 saturated heterocycles. The number of aryl methyl sites for hydroxylation is 1. The van der Waals surface area contributed by atoms with Crippen LogP contribution >= 0.6 is 0 Å². The van der Waals surface area contributed by atoms with E-state index in [1.54, 1.807) is 4.90 Å². The third-order valence-corrected chi connectivity index (χ3v) is 4.23. The molecule has 1 aliphatic heterocycles. The van der Waals surface area contributed by atoms with Crippen molar-refractivity contribution in [1.29, 1.82) is 0 Å². The van der Waals surface area contributed by atoms with Crippen LogP contribution in [0, 0.1) is 12.8 Å². The van der Waals surface area contributed by atoms with Crippen LogP contribution in [0.5, 0.6) is 0 Å². The lowest BCUT2D eigenvalue weighted by Crippen LogP contribution is -2.31. The van der Waals surface area contributed by atoms with Gasteiger partial charge in [-0.2, -0.15) is 0 Å². The predicted octanol–water partition coefficient (Wildman–Crippen LogP) is 1.95. The van der Waals surface area contributed by atoms with E-state index in [0.29, 0.717) is 25.9 Å². The summed E-state index contributed by atoms with van der Waals surface area (Å²) >= 11 is 0. The summed E-state index contributed by atoms with van der Waals surface area (Å²) in [6.45, 7) is 2.90. The number of aromatic amines is 1. The van der Waals surface area contributed by atoms with Crippen molar-refractivity contribution in [3.05, 3.63) is 35.5 Å². The van der Waals surface area contributed by atoms with Gasteiger partial charge in [0.2, 0.25) is 5.91 Å². The number of fused-ring (bicyclic) bond motifs is 1. The van der Waals surface area contributed by atoms with Crippen molar-refractivity contribution in [3.8, 4) is 0 Å². The molecule has 0 spiro atoms. The van der Waals surface area contributed by atoms with E-state index >= 15 is 0 Å². The van der Waals surface area contributed by atoms with Crippen LogP contribution in [-0.4, -0.2) is 40.0 Å². The highest BCUT2D eigenvalue weighted by atomic mass is 16.4. The van der Waals surface area contributed by atoms with Crippen molar-refractivity contribution in [2.24, 2.45) is 5.92 Å². The number of carboxylic acid groups (broad SMARTS) is 1. The number of nitrogens with one attached hydrogen (secondary N) is 1. The number of rotatable bonds is 3. The molecular formula is C16H18N2O3. The van der Waals surface area contributed by atoms with E-state index in [9.17, 15) is 9.59 Å². The molecule has 1 fully saturated rings.